The van der Waals surface area contributed by atoms with Crippen molar-refractivity contribution < 1.29 is 9.59 Å². The summed E-state index contributed by atoms with van der Waals surface area (Å²) in [6.07, 6.45) is 1.30. The Morgan fingerprint density at radius 3 is 2.36 bits per heavy atom. The summed E-state index contributed by atoms with van der Waals surface area (Å²) in [5, 5.41) is 3.52. The second-order valence-corrected chi connectivity index (χ2v) is 7.87. The molecule has 2 rings (SSSR count). The van der Waals surface area contributed by atoms with Gasteiger partial charge in [0, 0.05) is 23.0 Å². The molecule has 1 N–H and O–H groups in total. The number of carbonyl (C=O) groups excluding carboxylic acids is 2. The van der Waals surface area contributed by atoms with Crippen LogP contribution in [0.1, 0.15) is 25.8 Å². The molecule has 0 aromatic heterocycles. The van der Waals surface area contributed by atoms with Gasteiger partial charge in [-0.1, -0.05) is 48.9 Å². The SMILES string of the molecule is CCNC(=O)C(CC)N(CCc1ccccc1)C(=O)CSc1ccc(Cl)cc1. The minimum absolute atomic E-state index is 0.0333. The quantitative estimate of drug-likeness (QED) is 0.581. The number of benzene rings is 2. The van der Waals surface area contributed by atoms with Crippen LogP contribution >= 0.6 is 23.4 Å². The van der Waals surface area contributed by atoms with Crippen LogP contribution in [0.4, 0.5) is 0 Å². The predicted octanol–water partition coefficient (Wildman–Crippen LogP) is 4.42. The lowest BCUT2D eigenvalue weighted by molar-refractivity contribution is -0.138. The molecule has 0 aliphatic rings. The molecule has 4 nitrogen and oxygen atoms in total. The van der Waals surface area contributed by atoms with E-state index < -0.39 is 6.04 Å². The van der Waals surface area contributed by atoms with Gasteiger partial charge in [-0.15, -0.1) is 11.8 Å². The fraction of sp³-hybridized carbons (Fsp3) is 0.364. The molecule has 0 bridgehead atoms. The molecular formula is C22H27ClN2O2S. The van der Waals surface area contributed by atoms with Crippen LogP contribution in [0, 0.1) is 0 Å². The molecule has 28 heavy (non-hydrogen) atoms. The second kappa shape index (κ2) is 11.8. The van der Waals surface area contributed by atoms with Crippen molar-refractivity contribution in [3.05, 3.63) is 65.2 Å². The first-order chi connectivity index (χ1) is 13.5. The zero-order chi connectivity index (χ0) is 20.4. The zero-order valence-corrected chi connectivity index (χ0v) is 17.9. The van der Waals surface area contributed by atoms with Crippen molar-refractivity contribution in [3.8, 4) is 0 Å². The first-order valence-electron chi connectivity index (χ1n) is 9.54. The Morgan fingerprint density at radius 1 is 1.07 bits per heavy atom. The molecule has 1 atom stereocenters. The number of amides is 2. The first-order valence-corrected chi connectivity index (χ1v) is 10.9. The van der Waals surface area contributed by atoms with E-state index in [4.69, 9.17) is 11.6 Å². The van der Waals surface area contributed by atoms with Gasteiger partial charge in [-0.05, 0) is 49.6 Å². The number of rotatable bonds is 10. The van der Waals surface area contributed by atoms with Crippen molar-refractivity contribution in [2.75, 3.05) is 18.8 Å². The molecule has 0 fully saturated rings. The highest BCUT2D eigenvalue weighted by Gasteiger charge is 2.27. The summed E-state index contributed by atoms with van der Waals surface area (Å²) in [5.41, 5.74) is 1.15. The average molecular weight is 419 g/mol. The predicted molar refractivity (Wildman–Crippen MR) is 117 cm³/mol. The molecule has 150 valence electrons. The molecule has 1 unspecified atom stereocenters. The highest BCUT2D eigenvalue weighted by Crippen LogP contribution is 2.21. The third-order valence-corrected chi connectivity index (χ3v) is 5.65. The van der Waals surface area contributed by atoms with Gasteiger partial charge in [-0.3, -0.25) is 9.59 Å². The first kappa shape index (κ1) is 22.3. The van der Waals surface area contributed by atoms with E-state index in [0.717, 1.165) is 10.5 Å². The van der Waals surface area contributed by atoms with Crippen molar-refractivity contribution in [2.24, 2.45) is 0 Å². The van der Waals surface area contributed by atoms with Crippen LogP contribution in [0.5, 0.6) is 0 Å². The Labute approximate surface area is 176 Å². The van der Waals surface area contributed by atoms with Crippen molar-refractivity contribution in [3.63, 3.8) is 0 Å². The van der Waals surface area contributed by atoms with Crippen molar-refractivity contribution >= 4 is 35.2 Å². The number of hydrogen-bond donors (Lipinski definition) is 1. The number of thioether (sulfide) groups is 1. The van der Waals surface area contributed by atoms with Gasteiger partial charge in [0.15, 0.2) is 0 Å². The monoisotopic (exact) mass is 418 g/mol. The van der Waals surface area contributed by atoms with Gasteiger partial charge in [0.25, 0.3) is 0 Å². The van der Waals surface area contributed by atoms with E-state index >= 15 is 0 Å². The maximum Gasteiger partial charge on any atom is 0.242 e. The molecule has 0 aliphatic carbocycles. The molecule has 0 saturated carbocycles. The number of likely N-dealkylation sites (N-methyl/N-ethyl adjacent to an activating group) is 1. The van der Waals surface area contributed by atoms with Crippen LogP contribution in [0.2, 0.25) is 5.02 Å². The molecule has 0 heterocycles. The van der Waals surface area contributed by atoms with E-state index in [1.54, 1.807) is 4.90 Å². The van der Waals surface area contributed by atoms with Gasteiger partial charge in [0.2, 0.25) is 11.8 Å². The Balaban J connectivity index is 2.09. The van der Waals surface area contributed by atoms with E-state index in [-0.39, 0.29) is 17.6 Å². The number of hydrogen-bond acceptors (Lipinski definition) is 3. The third kappa shape index (κ3) is 6.88. The van der Waals surface area contributed by atoms with E-state index in [1.165, 1.54) is 11.8 Å². The summed E-state index contributed by atoms with van der Waals surface area (Å²) in [5.74, 6) is 0.156. The third-order valence-electron chi connectivity index (χ3n) is 4.40. The van der Waals surface area contributed by atoms with E-state index in [9.17, 15) is 9.59 Å². The lowest BCUT2D eigenvalue weighted by Gasteiger charge is -2.30. The lowest BCUT2D eigenvalue weighted by Crippen LogP contribution is -2.50. The van der Waals surface area contributed by atoms with Gasteiger partial charge < -0.3 is 10.2 Å². The highest BCUT2D eigenvalue weighted by atomic mass is 35.5. The number of carbonyl (C=O) groups is 2. The Morgan fingerprint density at radius 2 is 1.75 bits per heavy atom. The summed E-state index contributed by atoms with van der Waals surface area (Å²) in [4.78, 5) is 28.2. The average Bonchev–Trinajstić information content (AvgIpc) is 2.71. The fourth-order valence-electron chi connectivity index (χ4n) is 2.95. The summed E-state index contributed by atoms with van der Waals surface area (Å²) in [6.45, 7) is 4.89. The number of nitrogens with zero attached hydrogens (tertiary/aromatic N) is 1. The van der Waals surface area contributed by atoms with Crippen LogP contribution in [0.15, 0.2) is 59.5 Å². The van der Waals surface area contributed by atoms with Crippen LogP contribution in [0.25, 0.3) is 0 Å². The topological polar surface area (TPSA) is 49.4 Å². The Bertz CT molecular complexity index is 753. The zero-order valence-electron chi connectivity index (χ0n) is 16.4. The maximum atomic E-state index is 13.0. The lowest BCUT2D eigenvalue weighted by atomic mass is 10.1. The number of halogens is 1. The molecule has 2 aromatic rings. The van der Waals surface area contributed by atoms with E-state index in [0.29, 0.717) is 31.0 Å². The highest BCUT2D eigenvalue weighted by molar-refractivity contribution is 8.00. The minimum Gasteiger partial charge on any atom is -0.355 e. The van der Waals surface area contributed by atoms with Crippen molar-refractivity contribution in [1.82, 2.24) is 10.2 Å². The fourth-order valence-corrected chi connectivity index (χ4v) is 3.86. The molecule has 0 radical (unpaired) electrons. The largest absolute Gasteiger partial charge is 0.355 e. The summed E-state index contributed by atoms with van der Waals surface area (Å²) in [6, 6.07) is 17.0. The van der Waals surface area contributed by atoms with Crippen LogP contribution in [-0.4, -0.2) is 41.6 Å². The van der Waals surface area contributed by atoms with Gasteiger partial charge in [0.05, 0.1) is 5.75 Å². The maximum absolute atomic E-state index is 13.0. The van der Waals surface area contributed by atoms with Gasteiger partial charge in [-0.25, -0.2) is 0 Å². The Hall–Kier alpha value is -1.98. The standard InChI is InChI=1S/C22H27ClN2O2S/c1-3-20(22(27)24-4-2)25(15-14-17-8-6-5-7-9-17)21(26)16-28-19-12-10-18(23)11-13-19/h5-13,20H,3-4,14-16H2,1-2H3,(H,24,27). The van der Waals surface area contributed by atoms with E-state index in [1.807, 2.05) is 68.4 Å². The van der Waals surface area contributed by atoms with Crippen molar-refractivity contribution in [2.45, 2.75) is 37.6 Å². The molecular weight excluding hydrogens is 392 g/mol. The second-order valence-electron chi connectivity index (χ2n) is 6.38. The van der Waals surface area contributed by atoms with Gasteiger partial charge >= 0.3 is 0 Å². The smallest absolute Gasteiger partial charge is 0.242 e. The molecule has 6 heteroatoms. The minimum atomic E-state index is -0.456. The van der Waals surface area contributed by atoms with Crippen LogP contribution < -0.4 is 5.32 Å². The normalized spacial score (nSPS) is 11.7. The summed E-state index contributed by atoms with van der Waals surface area (Å²) in [7, 11) is 0. The molecule has 2 aromatic carbocycles. The number of nitrogens with one attached hydrogen (secondary N) is 1. The van der Waals surface area contributed by atoms with Crippen LogP contribution in [0.3, 0.4) is 0 Å². The molecule has 0 aliphatic heterocycles. The van der Waals surface area contributed by atoms with Crippen molar-refractivity contribution in [1.29, 1.82) is 0 Å². The van der Waals surface area contributed by atoms with Gasteiger partial charge in [-0.2, -0.15) is 0 Å². The molecule has 2 amide bonds. The molecule has 0 spiro atoms. The molecule has 0 saturated heterocycles. The van der Waals surface area contributed by atoms with Crippen LogP contribution in [-0.2, 0) is 16.0 Å². The summed E-state index contributed by atoms with van der Waals surface area (Å²) >= 11 is 7.38. The van der Waals surface area contributed by atoms with E-state index in [2.05, 4.69) is 5.32 Å². The Kier molecular flexibility index (Phi) is 9.38. The summed E-state index contributed by atoms with van der Waals surface area (Å²) < 4.78 is 0. The van der Waals surface area contributed by atoms with Gasteiger partial charge in [0.1, 0.15) is 6.04 Å².